The molecule has 1 aromatic carbocycles. The van der Waals surface area contributed by atoms with Crippen LogP contribution in [-0.2, 0) is 12.0 Å². The summed E-state index contributed by atoms with van der Waals surface area (Å²) in [7, 11) is 0. The summed E-state index contributed by atoms with van der Waals surface area (Å²) < 4.78 is 102. The molecule has 13 heteroatoms. The predicted octanol–water partition coefficient (Wildman–Crippen LogP) is 6.09. The highest BCUT2D eigenvalue weighted by molar-refractivity contribution is 5.47. The molecule has 212 valence electrons. The first kappa shape index (κ1) is 29.9. The monoisotopic (exact) mass is 562 g/mol. The summed E-state index contributed by atoms with van der Waals surface area (Å²) in [5.74, 6) is -2.60. The zero-order valence-electron chi connectivity index (χ0n) is 20.7. The lowest BCUT2D eigenvalue weighted by molar-refractivity contribution is -0.605. The van der Waals surface area contributed by atoms with Gasteiger partial charge in [-0.05, 0) is 53.6 Å². The number of hydrogen-bond donors (Lipinski definition) is 1. The Morgan fingerprint density at radius 3 is 2.00 bits per heavy atom. The Hall–Kier alpha value is -3.61. The topological polar surface area (TPSA) is 78.5 Å². The van der Waals surface area contributed by atoms with E-state index < -0.39 is 60.4 Å². The number of rotatable bonds is 11. The molecule has 0 aliphatic rings. The molecule has 0 saturated carbocycles. The van der Waals surface area contributed by atoms with Crippen LogP contribution >= 0.6 is 0 Å². The molecule has 0 aliphatic heterocycles. The number of benzene rings is 1. The van der Waals surface area contributed by atoms with Crippen molar-refractivity contribution in [3.05, 3.63) is 88.6 Å². The number of ether oxygens (including phenoxy) is 2. The smallest absolute Gasteiger partial charge is 0.422 e. The third kappa shape index (κ3) is 7.49. The molecule has 1 N–H and O–H groups in total. The van der Waals surface area contributed by atoms with E-state index in [-0.39, 0.29) is 12.0 Å². The van der Waals surface area contributed by atoms with Crippen molar-refractivity contribution < 1.29 is 50.0 Å². The first-order valence-electron chi connectivity index (χ1n) is 11.7. The van der Waals surface area contributed by atoms with Gasteiger partial charge < -0.3 is 19.8 Å². The lowest BCUT2D eigenvalue weighted by atomic mass is 9.85. The molecule has 0 saturated heterocycles. The maximum atomic E-state index is 13.8. The Bertz CT molecular complexity index is 1220. The number of alkyl halides is 7. The van der Waals surface area contributed by atoms with Crippen molar-refractivity contribution in [1.29, 1.82) is 0 Å². The van der Waals surface area contributed by atoms with Crippen LogP contribution in [0.25, 0.3) is 0 Å². The van der Waals surface area contributed by atoms with E-state index >= 15 is 0 Å². The molecule has 2 unspecified atom stereocenters. The first-order chi connectivity index (χ1) is 18.2. The second-order valence-electron chi connectivity index (χ2n) is 9.22. The van der Waals surface area contributed by atoms with Gasteiger partial charge in [0, 0.05) is 24.2 Å². The van der Waals surface area contributed by atoms with Gasteiger partial charge in [0.2, 0.25) is 5.60 Å². The average molecular weight is 562 g/mol. The molecule has 0 radical (unpaired) electrons. The van der Waals surface area contributed by atoms with Crippen molar-refractivity contribution in [2.75, 3.05) is 0 Å². The maximum absolute atomic E-state index is 13.8. The second-order valence-corrected chi connectivity index (χ2v) is 9.22. The van der Waals surface area contributed by atoms with Crippen LogP contribution in [0.1, 0.15) is 48.6 Å². The van der Waals surface area contributed by atoms with Crippen LogP contribution < -0.4 is 14.2 Å². The Morgan fingerprint density at radius 1 is 0.897 bits per heavy atom. The molecule has 2 heterocycles. The lowest BCUT2D eigenvalue weighted by Gasteiger charge is -2.31. The minimum Gasteiger partial charge on any atom is -0.619 e. The summed E-state index contributed by atoms with van der Waals surface area (Å²) in [6.07, 6.45) is -1.98. The molecule has 0 amide bonds. The fourth-order valence-electron chi connectivity index (χ4n) is 4.18. The Labute approximate surface area is 219 Å². The zero-order valence-corrected chi connectivity index (χ0v) is 20.7. The maximum Gasteiger partial charge on any atom is 0.422 e. The van der Waals surface area contributed by atoms with E-state index in [0.29, 0.717) is 15.9 Å². The highest BCUT2D eigenvalue weighted by Crippen LogP contribution is 2.43. The van der Waals surface area contributed by atoms with Crippen molar-refractivity contribution in [2.24, 2.45) is 5.92 Å². The molecule has 0 bridgehead atoms. The summed E-state index contributed by atoms with van der Waals surface area (Å²) in [6.45, 7) is -3.63. The van der Waals surface area contributed by atoms with Crippen molar-refractivity contribution in [1.82, 2.24) is 4.98 Å². The number of aliphatic hydroxyl groups is 1. The van der Waals surface area contributed by atoms with Gasteiger partial charge in [-0.25, -0.2) is 0 Å². The number of halogens is 7. The molecular formula is C26H25F7N2O4. The van der Waals surface area contributed by atoms with Gasteiger partial charge in [0.25, 0.3) is 0 Å². The van der Waals surface area contributed by atoms with Crippen molar-refractivity contribution >= 4 is 0 Å². The molecule has 2 atom stereocenters. The zero-order chi connectivity index (χ0) is 29.0. The Morgan fingerprint density at radius 2 is 1.49 bits per heavy atom. The van der Waals surface area contributed by atoms with E-state index in [9.17, 15) is 41.0 Å². The van der Waals surface area contributed by atoms with Gasteiger partial charge in [0.15, 0.2) is 23.9 Å². The van der Waals surface area contributed by atoms with E-state index in [4.69, 9.17) is 0 Å². The third-order valence-corrected chi connectivity index (χ3v) is 5.90. The molecule has 2 aromatic heterocycles. The number of nitrogens with zero attached hydrogens (tertiary/aromatic N) is 2. The quantitative estimate of drug-likeness (QED) is 0.174. The number of aromatic nitrogens is 2. The van der Waals surface area contributed by atoms with Gasteiger partial charge >= 0.3 is 19.4 Å². The van der Waals surface area contributed by atoms with Gasteiger partial charge in [-0.2, -0.15) is 35.5 Å². The lowest BCUT2D eigenvalue weighted by Crippen LogP contribution is -2.44. The number of pyridine rings is 2. The van der Waals surface area contributed by atoms with Crippen LogP contribution in [0.5, 0.6) is 11.5 Å². The molecule has 3 aromatic rings. The number of hydrogen-bond acceptors (Lipinski definition) is 5. The highest BCUT2D eigenvalue weighted by Gasteiger charge is 2.56. The second kappa shape index (κ2) is 12.1. The molecule has 39 heavy (non-hydrogen) atoms. The van der Waals surface area contributed by atoms with E-state index in [0.717, 1.165) is 24.4 Å². The summed E-state index contributed by atoms with van der Waals surface area (Å²) >= 11 is 0. The van der Waals surface area contributed by atoms with E-state index in [1.165, 1.54) is 50.5 Å². The van der Waals surface area contributed by atoms with E-state index in [1.54, 1.807) is 0 Å². The van der Waals surface area contributed by atoms with Crippen molar-refractivity contribution in [3.8, 4) is 11.5 Å². The summed E-state index contributed by atoms with van der Waals surface area (Å²) in [5, 5.41) is 22.0. The average Bonchev–Trinajstić information content (AvgIpc) is 2.83. The van der Waals surface area contributed by atoms with Crippen LogP contribution in [-0.4, -0.2) is 29.5 Å². The van der Waals surface area contributed by atoms with Crippen molar-refractivity contribution in [3.63, 3.8) is 0 Å². The molecular weight excluding hydrogens is 537 g/mol. The molecule has 0 fully saturated rings. The minimum atomic E-state index is -5.01. The third-order valence-electron chi connectivity index (χ3n) is 5.90. The molecule has 0 spiro atoms. The Balaban J connectivity index is 2.09. The van der Waals surface area contributed by atoms with Gasteiger partial charge in [-0.3, -0.25) is 4.98 Å². The summed E-state index contributed by atoms with van der Waals surface area (Å²) in [4.78, 5) is 3.90. The fraction of sp³-hybridized carbons (Fsp3) is 0.385. The molecule has 0 aliphatic carbocycles. The van der Waals surface area contributed by atoms with Gasteiger partial charge in [-0.15, -0.1) is 0 Å². The van der Waals surface area contributed by atoms with E-state index in [2.05, 4.69) is 14.5 Å². The van der Waals surface area contributed by atoms with E-state index in [1.807, 2.05) is 0 Å². The fourth-order valence-corrected chi connectivity index (χ4v) is 4.18. The molecule has 3 rings (SSSR count). The van der Waals surface area contributed by atoms with Crippen LogP contribution in [0.4, 0.5) is 30.7 Å². The predicted molar refractivity (Wildman–Crippen MR) is 124 cm³/mol. The van der Waals surface area contributed by atoms with Crippen LogP contribution in [0, 0.1) is 11.1 Å². The first-order valence-corrected chi connectivity index (χ1v) is 11.7. The van der Waals surface area contributed by atoms with Gasteiger partial charge in [0.05, 0.1) is 5.69 Å². The van der Waals surface area contributed by atoms with Crippen molar-refractivity contribution in [2.45, 2.75) is 57.6 Å². The summed E-state index contributed by atoms with van der Waals surface area (Å²) in [5.41, 5.74) is -2.66. The summed E-state index contributed by atoms with van der Waals surface area (Å²) in [6, 6.07) is 8.68. The largest absolute Gasteiger partial charge is 0.619 e. The normalized spacial score (nSPS) is 14.5. The highest BCUT2D eigenvalue weighted by atomic mass is 19.4. The Kier molecular flexibility index (Phi) is 9.26. The van der Waals surface area contributed by atoms with Crippen LogP contribution in [0.3, 0.4) is 0 Å². The van der Waals surface area contributed by atoms with Crippen LogP contribution in [0.15, 0.2) is 61.1 Å². The minimum absolute atomic E-state index is 0.112. The van der Waals surface area contributed by atoms with Gasteiger partial charge in [0.1, 0.15) is 0 Å². The molecule has 6 nitrogen and oxygen atoms in total. The SMILES string of the molecule is CC(C)CC(O)(c1ccc(C(Cc2cc[n+]([O-])cc2)c2ccc(OC(F)F)c(OC(F)F)c2)cn1)C(F)(F)F. The standard InChI is InChI=1S/C26H25F7N2O4/c1-15(2)13-25(36,26(31,32)33)22-6-4-18(14-34-22)19(11-16-7-9-35(37)10-8-16)17-3-5-20(38-23(27)28)21(12-17)39-24(29)30/h3-10,12,14-15,19,23-24,36H,11,13H2,1-2H3. The van der Waals surface area contributed by atoms with Gasteiger partial charge in [-0.1, -0.05) is 26.0 Å². The van der Waals surface area contributed by atoms with Crippen LogP contribution in [0.2, 0.25) is 0 Å².